The van der Waals surface area contributed by atoms with Gasteiger partial charge in [0, 0.05) is 3.57 Å². The Bertz CT molecular complexity index is 301. The van der Waals surface area contributed by atoms with Crippen molar-refractivity contribution in [2.45, 2.75) is 13.3 Å². The molecule has 0 atom stereocenters. The lowest BCUT2D eigenvalue weighted by molar-refractivity contribution is 0.144. The molecule has 0 unspecified atom stereocenters. The van der Waals surface area contributed by atoms with Gasteiger partial charge < -0.3 is 0 Å². The fourth-order valence-electron chi connectivity index (χ4n) is 0.730. The van der Waals surface area contributed by atoms with Gasteiger partial charge in [-0.1, -0.05) is 0 Å². The minimum atomic E-state index is -2.64. The van der Waals surface area contributed by atoms with Crippen LogP contribution in [0.2, 0.25) is 0 Å². The smallest absolute Gasteiger partial charge is 0.248 e. The van der Waals surface area contributed by atoms with Crippen LogP contribution in [0.15, 0.2) is 6.07 Å². The van der Waals surface area contributed by atoms with E-state index in [0.29, 0.717) is 0 Å². The summed E-state index contributed by atoms with van der Waals surface area (Å²) in [6, 6.07) is 1.06. The maximum absolute atomic E-state index is 12.7. The Hall–Kier alpha value is -0.330. The van der Waals surface area contributed by atoms with Crippen LogP contribution in [0.4, 0.5) is 13.2 Å². The summed E-state index contributed by atoms with van der Waals surface area (Å²) in [4.78, 5) is 3.44. The first-order valence-corrected chi connectivity index (χ1v) is 4.21. The van der Waals surface area contributed by atoms with E-state index in [2.05, 4.69) is 4.98 Å². The Labute approximate surface area is 81.1 Å². The molecule has 0 aliphatic carbocycles. The second kappa shape index (κ2) is 3.59. The molecule has 1 rings (SSSR count). The lowest BCUT2D eigenvalue weighted by atomic mass is 10.3. The van der Waals surface area contributed by atoms with Crippen molar-refractivity contribution < 1.29 is 13.2 Å². The van der Waals surface area contributed by atoms with E-state index in [1.807, 2.05) is 0 Å². The number of pyridine rings is 1. The van der Waals surface area contributed by atoms with E-state index in [1.165, 1.54) is 6.92 Å². The van der Waals surface area contributed by atoms with Crippen LogP contribution in [0.3, 0.4) is 0 Å². The predicted octanol–water partition coefficient (Wildman–Crippen LogP) is 3.07. The molecule has 1 aromatic heterocycles. The van der Waals surface area contributed by atoms with Gasteiger partial charge in [-0.15, -0.1) is 0 Å². The van der Waals surface area contributed by atoms with Crippen LogP contribution >= 0.6 is 22.6 Å². The van der Waals surface area contributed by atoms with Crippen molar-refractivity contribution in [1.82, 2.24) is 4.98 Å². The highest BCUT2D eigenvalue weighted by Crippen LogP contribution is 2.23. The lowest BCUT2D eigenvalue weighted by Gasteiger charge is -2.03. The third-order valence-electron chi connectivity index (χ3n) is 1.34. The second-order valence-electron chi connectivity index (χ2n) is 2.22. The van der Waals surface area contributed by atoms with E-state index >= 15 is 0 Å². The number of aromatic nitrogens is 1. The molecule has 1 heterocycles. The minimum absolute atomic E-state index is 0.00529. The third-order valence-corrected chi connectivity index (χ3v) is 2.20. The first-order chi connectivity index (χ1) is 5.52. The summed E-state index contributed by atoms with van der Waals surface area (Å²) >= 11 is 1.64. The van der Waals surface area contributed by atoms with E-state index in [9.17, 15) is 13.2 Å². The van der Waals surface area contributed by atoms with Crippen LogP contribution in [0.5, 0.6) is 0 Å². The van der Waals surface area contributed by atoms with Gasteiger partial charge in [0.1, 0.15) is 11.5 Å². The van der Waals surface area contributed by atoms with Gasteiger partial charge in [0.25, 0.3) is 6.43 Å². The summed E-state index contributed by atoms with van der Waals surface area (Å²) in [5.74, 6) is -0.552. The van der Waals surface area contributed by atoms with Gasteiger partial charge in [-0.05, 0) is 35.6 Å². The Kier molecular flexibility index (Phi) is 2.92. The Morgan fingerprint density at radius 2 is 2.08 bits per heavy atom. The minimum Gasteiger partial charge on any atom is -0.248 e. The molecular weight excluding hydrogens is 282 g/mol. The van der Waals surface area contributed by atoms with Crippen LogP contribution in [0.1, 0.15) is 17.8 Å². The molecule has 1 nitrogen and oxygen atoms in total. The highest BCUT2D eigenvalue weighted by molar-refractivity contribution is 14.1. The molecule has 0 aromatic carbocycles. The molecule has 0 N–H and O–H groups in total. The summed E-state index contributed by atoms with van der Waals surface area (Å²) in [5, 5.41) is 0. The molecule has 5 heteroatoms. The molecule has 0 fully saturated rings. The van der Waals surface area contributed by atoms with Gasteiger partial charge in [0.05, 0.1) is 5.69 Å². The average Bonchev–Trinajstić information content (AvgIpc) is 1.96. The number of hydrogen-bond acceptors (Lipinski definition) is 1. The molecule has 0 spiro atoms. The van der Waals surface area contributed by atoms with Crippen molar-refractivity contribution in [3.63, 3.8) is 0 Å². The summed E-state index contributed by atoms with van der Waals surface area (Å²) in [6.45, 7) is 1.36. The summed E-state index contributed by atoms with van der Waals surface area (Å²) < 4.78 is 37.2. The normalized spacial score (nSPS) is 10.8. The summed E-state index contributed by atoms with van der Waals surface area (Å²) in [6.07, 6.45) is -2.64. The average molecular weight is 287 g/mol. The maximum Gasteiger partial charge on any atom is 0.281 e. The van der Waals surface area contributed by atoms with Crippen molar-refractivity contribution in [2.24, 2.45) is 0 Å². The number of rotatable bonds is 1. The first-order valence-electron chi connectivity index (χ1n) is 3.13. The fourth-order valence-corrected chi connectivity index (χ4v) is 1.36. The van der Waals surface area contributed by atoms with Crippen molar-refractivity contribution in [3.8, 4) is 0 Å². The Morgan fingerprint density at radius 3 is 2.58 bits per heavy atom. The van der Waals surface area contributed by atoms with E-state index in [4.69, 9.17) is 0 Å². The summed E-state index contributed by atoms with van der Waals surface area (Å²) in [7, 11) is 0. The third kappa shape index (κ3) is 1.88. The molecular formula is C7H5F3IN. The Morgan fingerprint density at radius 1 is 1.50 bits per heavy atom. The largest absolute Gasteiger partial charge is 0.281 e. The lowest BCUT2D eigenvalue weighted by Crippen LogP contribution is -1.99. The maximum atomic E-state index is 12.7. The second-order valence-corrected chi connectivity index (χ2v) is 3.39. The number of alkyl halides is 2. The molecule has 0 amide bonds. The van der Waals surface area contributed by atoms with Gasteiger partial charge in [0.15, 0.2) is 0 Å². The zero-order valence-corrected chi connectivity index (χ0v) is 8.27. The topological polar surface area (TPSA) is 12.9 Å². The van der Waals surface area contributed by atoms with Crippen molar-refractivity contribution in [1.29, 1.82) is 0 Å². The first kappa shape index (κ1) is 9.76. The van der Waals surface area contributed by atoms with Crippen LogP contribution < -0.4 is 0 Å². The monoisotopic (exact) mass is 287 g/mol. The number of nitrogens with zero attached hydrogens (tertiary/aromatic N) is 1. The van der Waals surface area contributed by atoms with Crippen LogP contribution in [-0.4, -0.2) is 4.98 Å². The van der Waals surface area contributed by atoms with E-state index in [0.717, 1.165) is 6.07 Å². The highest BCUT2D eigenvalue weighted by Gasteiger charge is 2.15. The molecule has 0 bridgehead atoms. The van der Waals surface area contributed by atoms with Gasteiger partial charge in [-0.3, -0.25) is 0 Å². The number of aryl methyl sites for hydroxylation is 1. The number of halogens is 4. The van der Waals surface area contributed by atoms with Crippen molar-refractivity contribution in [2.75, 3.05) is 0 Å². The van der Waals surface area contributed by atoms with Gasteiger partial charge in [-0.2, -0.15) is 0 Å². The van der Waals surface area contributed by atoms with Crippen molar-refractivity contribution >= 4 is 22.6 Å². The molecule has 0 radical (unpaired) electrons. The van der Waals surface area contributed by atoms with Gasteiger partial charge in [0.2, 0.25) is 0 Å². The number of hydrogen-bond donors (Lipinski definition) is 0. The van der Waals surface area contributed by atoms with Gasteiger partial charge in [-0.25, -0.2) is 18.2 Å². The SMILES string of the molecule is Cc1nc(C(F)F)c(I)cc1F. The van der Waals surface area contributed by atoms with Crippen LogP contribution in [0, 0.1) is 16.3 Å². The zero-order valence-electron chi connectivity index (χ0n) is 6.11. The molecule has 1 aromatic rings. The molecule has 0 aliphatic rings. The molecule has 0 aliphatic heterocycles. The highest BCUT2D eigenvalue weighted by atomic mass is 127. The quantitative estimate of drug-likeness (QED) is 0.723. The molecule has 12 heavy (non-hydrogen) atoms. The molecule has 66 valence electrons. The van der Waals surface area contributed by atoms with E-state index < -0.39 is 12.2 Å². The van der Waals surface area contributed by atoms with Crippen molar-refractivity contribution in [3.05, 3.63) is 26.8 Å². The van der Waals surface area contributed by atoms with Crippen LogP contribution in [-0.2, 0) is 0 Å². The molecule has 0 saturated carbocycles. The van der Waals surface area contributed by atoms with Gasteiger partial charge >= 0.3 is 0 Å². The standard InChI is InChI=1S/C7H5F3IN/c1-3-4(8)2-5(11)6(12-3)7(9)10/h2,7H,1H3. The van der Waals surface area contributed by atoms with E-state index in [-0.39, 0.29) is 15.0 Å². The zero-order chi connectivity index (χ0) is 9.30. The Balaban J connectivity index is 3.23. The van der Waals surface area contributed by atoms with Crippen LogP contribution in [0.25, 0.3) is 0 Å². The molecule has 0 saturated heterocycles. The van der Waals surface area contributed by atoms with E-state index in [1.54, 1.807) is 22.6 Å². The predicted molar refractivity (Wildman–Crippen MR) is 46.6 cm³/mol. The fraction of sp³-hybridized carbons (Fsp3) is 0.286. The summed E-state index contributed by atoms with van der Waals surface area (Å²) in [5.41, 5.74) is -0.347.